The zero-order chi connectivity index (χ0) is 70.1. The normalized spacial score (nSPS) is 14.1. The van der Waals surface area contributed by atoms with Crippen molar-refractivity contribution >= 4 is 39.5 Å². The summed E-state index contributed by atoms with van der Waals surface area (Å²) in [6.45, 7) is 11.8. The van der Waals surface area contributed by atoms with Gasteiger partial charge in [-0.3, -0.25) is 37.3 Å². The fourth-order valence-electron chi connectivity index (χ4n) is 11.6. The number of phosphoric ester groups is 2. The third-order valence-electron chi connectivity index (χ3n) is 17.6. The molecule has 0 aromatic rings. The van der Waals surface area contributed by atoms with Crippen molar-refractivity contribution in [1.29, 1.82) is 0 Å². The molecule has 0 heterocycles. The lowest BCUT2D eigenvalue weighted by Crippen LogP contribution is -2.30. The minimum atomic E-state index is -4.96. The van der Waals surface area contributed by atoms with Gasteiger partial charge in [0.05, 0.1) is 26.4 Å². The number of carbonyl (C=O) groups is 4. The van der Waals surface area contributed by atoms with E-state index in [9.17, 15) is 43.2 Å². The van der Waals surface area contributed by atoms with Gasteiger partial charge in [-0.2, -0.15) is 0 Å². The van der Waals surface area contributed by atoms with Crippen LogP contribution in [0.15, 0.2) is 0 Å². The highest BCUT2D eigenvalue weighted by molar-refractivity contribution is 7.47. The van der Waals surface area contributed by atoms with E-state index in [-0.39, 0.29) is 25.7 Å². The van der Waals surface area contributed by atoms with Crippen molar-refractivity contribution in [2.45, 2.75) is 407 Å². The number of rotatable bonds is 74. The second-order valence-electron chi connectivity index (χ2n) is 28.8. The topological polar surface area (TPSA) is 237 Å². The van der Waals surface area contributed by atoms with Crippen LogP contribution in [0.2, 0.25) is 0 Å². The Morgan fingerprint density at radius 2 is 0.484 bits per heavy atom. The number of aliphatic hydroxyl groups excluding tert-OH is 1. The van der Waals surface area contributed by atoms with E-state index in [1.165, 1.54) is 193 Å². The summed E-state index contributed by atoms with van der Waals surface area (Å²) in [7, 11) is -9.91. The zero-order valence-electron chi connectivity index (χ0n) is 62.1. The molecule has 5 atom stereocenters. The summed E-state index contributed by atoms with van der Waals surface area (Å²) >= 11 is 0. The van der Waals surface area contributed by atoms with Crippen molar-refractivity contribution in [3.63, 3.8) is 0 Å². The van der Waals surface area contributed by atoms with Gasteiger partial charge in [0.1, 0.15) is 19.3 Å². The van der Waals surface area contributed by atoms with E-state index in [1.807, 2.05) is 0 Å². The number of esters is 4. The van der Waals surface area contributed by atoms with Crippen LogP contribution >= 0.6 is 15.6 Å². The maximum Gasteiger partial charge on any atom is 0.472 e. The van der Waals surface area contributed by atoms with Crippen LogP contribution < -0.4 is 0 Å². The monoisotopic (exact) mass is 1400 g/mol. The van der Waals surface area contributed by atoms with Crippen LogP contribution in [0.25, 0.3) is 0 Å². The third-order valence-corrected chi connectivity index (χ3v) is 19.5. The van der Waals surface area contributed by atoms with Crippen LogP contribution in [0, 0.1) is 17.8 Å². The lowest BCUT2D eigenvalue weighted by molar-refractivity contribution is -0.161. The van der Waals surface area contributed by atoms with E-state index in [0.29, 0.717) is 31.6 Å². The molecular weight excluding hydrogens is 1250 g/mol. The van der Waals surface area contributed by atoms with Crippen LogP contribution in [-0.4, -0.2) is 96.7 Å². The van der Waals surface area contributed by atoms with Gasteiger partial charge in [-0.05, 0) is 43.4 Å². The molecule has 0 aromatic carbocycles. The molecule has 0 rings (SSSR count). The Bertz CT molecular complexity index is 1850. The molecule has 564 valence electrons. The zero-order valence-corrected chi connectivity index (χ0v) is 63.9. The number of phosphoric acid groups is 2. The first kappa shape index (κ1) is 93.1. The molecule has 0 bridgehead atoms. The minimum Gasteiger partial charge on any atom is -0.462 e. The van der Waals surface area contributed by atoms with E-state index in [4.69, 9.17) is 37.0 Å². The van der Waals surface area contributed by atoms with Gasteiger partial charge in [-0.25, -0.2) is 9.13 Å². The van der Waals surface area contributed by atoms with Gasteiger partial charge in [0.2, 0.25) is 0 Å². The Hall–Kier alpha value is -1.94. The standard InChI is InChI=1S/C76H148O17P2/c1-8-9-10-11-12-13-14-15-16-17-18-19-20-25-30-37-45-52-59-75(80)92-71(63-86-73(78)57-50-43-36-29-24-22-21-23-27-33-40-47-54-67(2)3)65-90-94(82,83)88-61-70(77)62-89-95(84,85)91-66-72(64-87-74(79)58-51-44-39-32-35-42-49-56-69(6)7)93-76(81)60-53-46-38-31-26-28-34-41-48-55-68(4)5/h67-72,77H,8-66H2,1-7H3,(H,82,83)(H,84,85)/t70-,71-,72-/m1/s1. The Morgan fingerprint density at radius 1 is 0.284 bits per heavy atom. The number of hydrogen-bond acceptors (Lipinski definition) is 15. The van der Waals surface area contributed by atoms with Crippen molar-refractivity contribution in [3.05, 3.63) is 0 Å². The number of hydrogen-bond donors (Lipinski definition) is 3. The number of aliphatic hydroxyl groups is 1. The first-order chi connectivity index (χ1) is 45.7. The molecule has 17 nitrogen and oxygen atoms in total. The van der Waals surface area contributed by atoms with E-state index in [1.54, 1.807) is 0 Å². The van der Waals surface area contributed by atoms with Crippen LogP contribution in [0.1, 0.15) is 389 Å². The van der Waals surface area contributed by atoms with Crippen LogP contribution in [0.5, 0.6) is 0 Å². The highest BCUT2D eigenvalue weighted by Gasteiger charge is 2.30. The average molecular weight is 1400 g/mol. The summed E-state index contributed by atoms with van der Waals surface area (Å²) in [4.78, 5) is 72.8. The first-order valence-corrected chi connectivity index (χ1v) is 42.3. The molecule has 19 heteroatoms. The summed E-state index contributed by atoms with van der Waals surface area (Å²) in [5.74, 6) is 0.104. The predicted octanol–water partition coefficient (Wildman–Crippen LogP) is 22.2. The molecule has 95 heavy (non-hydrogen) atoms. The number of unbranched alkanes of at least 4 members (excludes halogenated alkanes) is 42. The third kappa shape index (κ3) is 70.3. The van der Waals surface area contributed by atoms with E-state index >= 15 is 0 Å². The minimum absolute atomic E-state index is 0.104. The highest BCUT2D eigenvalue weighted by Crippen LogP contribution is 2.45. The SMILES string of the molecule is CCCCCCCCCCCCCCCCCCCCC(=O)O[C@H](COC(=O)CCCCCCCCCCCCCCC(C)C)COP(=O)(O)OC[C@@H](O)COP(=O)(O)OC[C@@H](COC(=O)CCCCCCCCCC(C)C)OC(=O)CCCCCCCCCCCC(C)C. The fraction of sp³-hybridized carbons (Fsp3) is 0.947. The molecule has 0 spiro atoms. The van der Waals surface area contributed by atoms with Crippen molar-refractivity contribution in [1.82, 2.24) is 0 Å². The molecule has 0 aliphatic carbocycles. The summed E-state index contributed by atoms with van der Waals surface area (Å²) < 4.78 is 68.5. The molecule has 0 aliphatic heterocycles. The van der Waals surface area contributed by atoms with E-state index in [0.717, 1.165) is 108 Å². The van der Waals surface area contributed by atoms with Gasteiger partial charge in [0, 0.05) is 25.7 Å². The van der Waals surface area contributed by atoms with Gasteiger partial charge in [-0.1, -0.05) is 337 Å². The van der Waals surface area contributed by atoms with Gasteiger partial charge in [0.15, 0.2) is 12.2 Å². The van der Waals surface area contributed by atoms with Crippen molar-refractivity contribution in [3.8, 4) is 0 Å². The highest BCUT2D eigenvalue weighted by atomic mass is 31.2. The molecule has 0 fully saturated rings. The van der Waals surface area contributed by atoms with Crippen LogP contribution in [0.4, 0.5) is 0 Å². The lowest BCUT2D eigenvalue weighted by atomic mass is 10.0. The molecule has 0 aliphatic rings. The van der Waals surface area contributed by atoms with E-state index < -0.39 is 97.5 Å². The summed E-state index contributed by atoms with van der Waals surface area (Å²) in [6.07, 6.45) is 52.8. The fourth-order valence-corrected chi connectivity index (χ4v) is 13.2. The van der Waals surface area contributed by atoms with E-state index in [2.05, 4.69) is 48.5 Å². The average Bonchev–Trinajstić information content (AvgIpc) is 1.23. The van der Waals surface area contributed by atoms with Gasteiger partial charge < -0.3 is 33.8 Å². The maximum atomic E-state index is 13.1. The lowest BCUT2D eigenvalue weighted by Gasteiger charge is -2.21. The summed E-state index contributed by atoms with van der Waals surface area (Å²) in [5.41, 5.74) is 0. The molecule has 3 N–H and O–H groups in total. The molecule has 0 aromatic heterocycles. The smallest absolute Gasteiger partial charge is 0.462 e. The Kier molecular flexibility index (Phi) is 65.2. The van der Waals surface area contributed by atoms with Crippen molar-refractivity contribution in [2.24, 2.45) is 17.8 Å². The predicted molar refractivity (Wildman–Crippen MR) is 386 cm³/mol. The van der Waals surface area contributed by atoms with Crippen molar-refractivity contribution in [2.75, 3.05) is 39.6 Å². The van der Waals surface area contributed by atoms with Crippen LogP contribution in [-0.2, 0) is 65.4 Å². The van der Waals surface area contributed by atoms with Gasteiger partial charge in [0.25, 0.3) is 0 Å². The molecule has 0 saturated heterocycles. The summed E-state index contributed by atoms with van der Waals surface area (Å²) in [6, 6.07) is 0. The molecule has 2 unspecified atom stereocenters. The molecule has 0 saturated carbocycles. The Labute approximate surface area is 581 Å². The second kappa shape index (κ2) is 66.6. The Morgan fingerprint density at radius 3 is 0.716 bits per heavy atom. The molecule has 0 radical (unpaired) electrons. The largest absolute Gasteiger partial charge is 0.472 e. The summed E-state index contributed by atoms with van der Waals surface area (Å²) in [5, 5.41) is 10.6. The molecule has 0 amide bonds. The first-order valence-electron chi connectivity index (χ1n) is 39.3. The quantitative estimate of drug-likeness (QED) is 0.0222. The molecular formula is C76H148O17P2. The number of carbonyl (C=O) groups excluding carboxylic acids is 4. The maximum absolute atomic E-state index is 13.1. The number of ether oxygens (including phenoxy) is 4. The van der Waals surface area contributed by atoms with Crippen LogP contribution in [0.3, 0.4) is 0 Å². The Balaban J connectivity index is 5.24. The van der Waals surface area contributed by atoms with Gasteiger partial charge >= 0.3 is 39.5 Å². The second-order valence-corrected chi connectivity index (χ2v) is 31.7. The van der Waals surface area contributed by atoms with Crippen molar-refractivity contribution < 1.29 is 80.2 Å². The van der Waals surface area contributed by atoms with Gasteiger partial charge in [-0.15, -0.1) is 0 Å².